The molecule has 0 bridgehead atoms. The Morgan fingerprint density at radius 1 is 1.17 bits per heavy atom. The van der Waals surface area contributed by atoms with Gasteiger partial charge in [-0.2, -0.15) is 0 Å². The number of hydrogen-bond donors (Lipinski definition) is 0. The highest BCUT2D eigenvalue weighted by atomic mass is 19.1. The minimum Gasteiger partial charge on any atom is -0.482 e. The number of nitrogens with zero attached hydrogens (tertiary/aromatic N) is 3. The predicted octanol–water partition coefficient (Wildman–Crippen LogP) is 3.66. The van der Waals surface area contributed by atoms with Crippen molar-refractivity contribution in [3.63, 3.8) is 0 Å². The van der Waals surface area contributed by atoms with Gasteiger partial charge in [0, 0.05) is 31.8 Å². The van der Waals surface area contributed by atoms with Crippen molar-refractivity contribution in [2.24, 2.45) is 0 Å². The minimum absolute atomic E-state index is 0.0973. The van der Waals surface area contributed by atoms with Gasteiger partial charge < -0.3 is 14.2 Å². The molecule has 1 atom stereocenters. The van der Waals surface area contributed by atoms with Gasteiger partial charge in [-0.3, -0.25) is 9.69 Å². The molecule has 1 saturated heterocycles. The molecule has 0 aliphatic carbocycles. The normalized spacial score (nSPS) is 17.2. The van der Waals surface area contributed by atoms with Crippen LogP contribution in [0.1, 0.15) is 27.9 Å². The highest BCUT2D eigenvalue weighted by Crippen LogP contribution is 2.25. The van der Waals surface area contributed by atoms with E-state index >= 15 is 0 Å². The van der Waals surface area contributed by atoms with E-state index in [9.17, 15) is 13.6 Å². The molecule has 0 N–H and O–H groups in total. The third kappa shape index (κ3) is 4.33. The Hall–Kier alpha value is -3.26. The van der Waals surface area contributed by atoms with Gasteiger partial charge in [-0.1, -0.05) is 35.5 Å². The van der Waals surface area contributed by atoms with Crippen LogP contribution in [0.2, 0.25) is 0 Å². The zero-order valence-electron chi connectivity index (χ0n) is 16.4. The van der Waals surface area contributed by atoms with E-state index in [4.69, 9.17) is 9.26 Å². The fraction of sp³-hybridized carbons (Fsp3) is 0.273. The second-order valence-electron chi connectivity index (χ2n) is 7.20. The van der Waals surface area contributed by atoms with Crippen molar-refractivity contribution in [3.05, 3.63) is 83.2 Å². The first-order chi connectivity index (χ1) is 14.5. The summed E-state index contributed by atoms with van der Waals surface area (Å²) in [6.07, 6.45) is 0. The molecule has 156 valence electrons. The zero-order chi connectivity index (χ0) is 21.1. The summed E-state index contributed by atoms with van der Waals surface area (Å²) < 4.78 is 37.1. The first kappa shape index (κ1) is 20.0. The molecule has 1 aromatic heterocycles. The number of ether oxygens (including phenoxy) is 1. The molecule has 0 unspecified atom stereocenters. The number of likely N-dealkylation sites (N-methyl/N-ethyl adjacent to an activating group) is 1. The molecule has 0 saturated carbocycles. The number of carbonyl (C=O) groups excluding carboxylic acids is 1. The first-order valence-corrected chi connectivity index (χ1v) is 9.59. The maximum absolute atomic E-state index is 13.7. The Morgan fingerprint density at radius 2 is 1.97 bits per heavy atom. The summed E-state index contributed by atoms with van der Waals surface area (Å²) in [5.41, 5.74) is 1.32. The third-order valence-electron chi connectivity index (χ3n) is 5.16. The molecule has 0 radical (unpaired) electrons. The average Bonchev–Trinajstić information content (AvgIpc) is 3.23. The van der Waals surface area contributed by atoms with E-state index in [-0.39, 0.29) is 35.8 Å². The molecule has 1 fully saturated rings. The van der Waals surface area contributed by atoms with Crippen molar-refractivity contribution in [2.45, 2.75) is 12.6 Å². The topological polar surface area (TPSA) is 58.8 Å². The van der Waals surface area contributed by atoms with Gasteiger partial charge in [0.1, 0.15) is 12.4 Å². The lowest BCUT2D eigenvalue weighted by Gasteiger charge is -2.39. The van der Waals surface area contributed by atoms with Crippen LogP contribution in [0.3, 0.4) is 0 Å². The summed E-state index contributed by atoms with van der Waals surface area (Å²) in [5.74, 6) is -1.56. The van der Waals surface area contributed by atoms with Crippen LogP contribution in [0.25, 0.3) is 0 Å². The molecule has 2 aromatic carbocycles. The van der Waals surface area contributed by atoms with Crippen LogP contribution in [0.5, 0.6) is 5.75 Å². The van der Waals surface area contributed by atoms with Crippen LogP contribution < -0.4 is 4.74 Å². The highest BCUT2D eigenvalue weighted by Gasteiger charge is 2.30. The second kappa shape index (κ2) is 8.62. The van der Waals surface area contributed by atoms with E-state index in [0.29, 0.717) is 13.1 Å². The number of halogens is 2. The van der Waals surface area contributed by atoms with E-state index in [1.54, 1.807) is 4.90 Å². The van der Waals surface area contributed by atoms with Crippen LogP contribution in [0.4, 0.5) is 8.78 Å². The lowest BCUT2D eigenvalue weighted by Crippen LogP contribution is -2.49. The monoisotopic (exact) mass is 413 g/mol. The summed E-state index contributed by atoms with van der Waals surface area (Å²) in [4.78, 5) is 16.9. The molecule has 30 heavy (non-hydrogen) atoms. The Bertz CT molecular complexity index is 1030. The van der Waals surface area contributed by atoms with E-state index in [2.05, 4.69) is 22.2 Å². The van der Waals surface area contributed by atoms with Crippen molar-refractivity contribution >= 4 is 5.91 Å². The standard InChI is InChI=1S/C22H21F2N3O3/c1-26-9-10-27(13-20(26)15-5-3-2-4-6-15)22(28)19-12-17(30-25-19)14-29-21-8-7-16(23)11-18(21)24/h2-8,11-12,20H,9-10,13-14H2,1H3/t20-/m1/s1. The number of amides is 1. The largest absolute Gasteiger partial charge is 0.482 e. The Morgan fingerprint density at radius 3 is 2.73 bits per heavy atom. The first-order valence-electron chi connectivity index (χ1n) is 9.59. The minimum atomic E-state index is -0.810. The maximum atomic E-state index is 13.7. The van der Waals surface area contributed by atoms with Crippen LogP contribution in [-0.4, -0.2) is 47.5 Å². The molecule has 4 rings (SSSR count). The lowest BCUT2D eigenvalue weighted by atomic mass is 10.0. The number of piperazine rings is 1. The molecule has 0 spiro atoms. The molecule has 1 amide bonds. The van der Waals surface area contributed by atoms with Gasteiger partial charge in [-0.15, -0.1) is 0 Å². The lowest BCUT2D eigenvalue weighted by molar-refractivity contribution is 0.0536. The van der Waals surface area contributed by atoms with Crippen molar-refractivity contribution < 1.29 is 22.8 Å². The van der Waals surface area contributed by atoms with Gasteiger partial charge in [-0.25, -0.2) is 8.78 Å². The molecule has 8 heteroatoms. The third-order valence-corrected chi connectivity index (χ3v) is 5.16. The Balaban J connectivity index is 1.41. The predicted molar refractivity (Wildman–Crippen MR) is 105 cm³/mol. The summed E-state index contributed by atoms with van der Waals surface area (Å²) in [5, 5.41) is 3.84. The maximum Gasteiger partial charge on any atom is 0.276 e. The Kier molecular flexibility index (Phi) is 5.76. The SMILES string of the molecule is CN1CCN(C(=O)c2cc(COc3ccc(F)cc3F)on2)C[C@@H]1c1ccccc1. The summed E-state index contributed by atoms with van der Waals surface area (Å²) in [6.45, 7) is 1.73. The molecular formula is C22H21F2N3O3. The summed E-state index contributed by atoms with van der Waals surface area (Å²) in [7, 11) is 2.04. The van der Waals surface area contributed by atoms with E-state index < -0.39 is 11.6 Å². The number of hydrogen-bond acceptors (Lipinski definition) is 5. The number of benzene rings is 2. The second-order valence-corrected chi connectivity index (χ2v) is 7.20. The molecule has 1 aliphatic rings. The van der Waals surface area contributed by atoms with E-state index in [0.717, 1.165) is 24.2 Å². The van der Waals surface area contributed by atoms with Crippen LogP contribution in [0, 0.1) is 11.6 Å². The highest BCUT2D eigenvalue weighted by molar-refractivity contribution is 5.92. The van der Waals surface area contributed by atoms with Crippen molar-refractivity contribution in [2.75, 3.05) is 26.7 Å². The van der Waals surface area contributed by atoms with Gasteiger partial charge in [0.15, 0.2) is 23.0 Å². The van der Waals surface area contributed by atoms with Crippen LogP contribution in [0.15, 0.2) is 59.1 Å². The van der Waals surface area contributed by atoms with Crippen molar-refractivity contribution in [1.29, 1.82) is 0 Å². The molecule has 3 aromatic rings. The van der Waals surface area contributed by atoms with Crippen LogP contribution >= 0.6 is 0 Å². The van der Waals surface area contributed by atoms with Gasteiger partial charge in [0.2, 0.25) is 0 Å². The van der Waals surface area contributed by atoms with E-state index in [1.807, 2.05) is 25.2 Å². The summed E-state index contributed by atoms with van der Waals surface area (Å²) >= 11 is 0. The number of carbonyl (C=O) groups is 1. The summed E-state index contributed by atoms with van der Waals surface area (Å²) in [6, 6.07) is 14.7. The molecular weight excluding hydrogens is 392 g/mol. The molecule has 2 heterocycles. The Labute approximate surface area is 172 Å². The number of aromatic nitrogens is 1. The van der Waals surface area contributed by atoms with Crippen molar-refractivity contribution in [3.8, 4) is 5.75 Å². The van der Waals surface area contributed by atoms with Gasteiger partial charge >= 0.3 is 0 Å². The van der Waals surface area contributed by atoms with Gasteiger partial charge in [-0.05, 0) is 24.7 Å². The molecule has 1 aliphatic heterocycles. The van der Waals surface area contributed by atoms with Gasteiger partial charge in [0.05, 0.1) is 6.04 Å². The fourth-order valence-corrected chi connectivity index (χ4v) is 3.48. The quantitative estimate of drug-likeness (QED) is 0.639. The van der Waals surface area contributed by atoms with Gasteiger partial charge in [0.25, 0.3) is 5.91 Å². The number of rotatable bonds is 5. The smallest absolute Gasteiger partial charge is 0.276 e. The fourth-order valence-electron chi connectivity index (χ4n) is 3.48. The zero-order valence-corrected chi connectivity index (χ0v) is 16.4. The van der Waals surface area contributed by atoms with Crippen LogP contribution in [-0.2, 0) is 6.61 Å². The van der Waals surface area contributed by atoms with Crippen molar-refractivity contribution in [1.82, 2.24) is 15.0 Å². The molecule has 6 nitrogen and oxygen atoms in total. The van der Waals surface area contributed by atoms with E-state index in [1.165, 1.54) is 12.1 Å². The average molecular weight is 413 g/mol.